The van der Waals surface area contributed by atoms with Gasteiger partial charge in [0.25, 0.3) is 11.8 Å². The highest BCUT2D eigenvalue weighted by Crippen LogP contribution is 2.26. The zero-order chi connectivity index (χ0) is 19.0. The number of benzene rings is 1. The Kier molecular flexibility index (Phi) is 5.76. The molecule has 1 saturated heterocycles. The zero-order valence-electron chi connectivity index (χ0n) is 15.4. The molecule has 1 aromatic carbocycles. The molecule has 1 N–H and O–H groups in total. The van der Waals surface area contributed by atoms with Crippen LogP contribution in [0.1, 0.15) is 37.9 Å². The molecule has 0 bridgehead atoms. The topological polar surface area (TPSA) is 82.6 Å². The molecule has 146 valence electrons. The Morgan fingerprint density at radius 2 is 2.00 bits per heavy atom. The lowest BCUT2D eigenvalue weighted by atomic mass is 10.1. The molecule has 7 nitrogen and oxygen atoms in total. The Morgan fingerprint density at radius 3 is 2.75 bits per heavy atom. The van der Waals surface area contributed by atoms with Gasteiger partial charge in [-0.2, -0.15) is 0 Å². The van der Waals surface area contributed by atoms with Crippen LogP contribution in [0.25, 0.3) is 0 Å². The molecule has 0 spiro atoms. The lowest BCUT2D eigenvalue weighted by Gasteiger charge is -2.37. The quantitative estimate of drug-likeness (QED) is 0.791. The summed E-state index contributed by atoms with van der Waals surface area (Å²) in [6.45, 7) is 3.41. The lowest BCUT2D eigenvalue weighted by Crippen LogP contribution is -2.52. The number of carbonyl (C=O) groups excluding carboxylic acids is 3. The summed E-state index contributed by atoms with van der Waals surface area (Å²) in [7, 11) is 0. The van der Waals surface area contributed by atoms with Crippen LogP contribution < -0.4 is 5.32 Å². The number of nitrogens with zero attached hydrogens (tertiary/aromatic N) is 3. The lowest BCUT2D eigenvalue weighted by molar-refractivity contribution is -0.134. The highest BCUT2D eigenvalue weighted by Gasteiger charge is 2.38. The maximum atomic E-state index is 13.0. The number of nitrogens with one attached hydrogen (secondary N) is 1. The van der Waals surface area contributed by atoms with Gasteiger partial charge in [-0.05, 0) is 30.7 Å². The van der Waals surface area contributed by atoms with E-state index in [4.69, 9.17) is 0 Å². The predicted molar refractivity (Wildman–Crippen MR) is 105 cm³/mol. The number of halogens is 1. The van der Waals surface area contributed by atoms with E-state index < -0.39 is 11.8 Å². The van der Waals surface area contributed by atoms with Gasteiger partial charge in [0.2, 0.25) is 5.91 Å². The molecular formula is C20H21ClN4O3. The van der Waals surface area contributed by atoms with Gasteiger partial charge >= 0.3 is 0 Å². The number of piperazine rings is 1. The maximum Gasteiger partial charge on any atom is 0.262 e. The number of imide groups is 1. The van der Waals surface area contributed by atoms with Gasteiger partial charge in [-0.25, -0.2) is 0 Å². The number of pyridine rings is 1. The summed E-state index contributed by atoms with van der Waals surface area (Å²) in [6.07, 6.45) is 3.43. The largest absolute Gasteiger partial charge is 0.331 e. The van der Waals surface area contributed by atoms with Crippen LogP contribution in [-0.4, -0.2) is 58.7 Å². The van der Waals surface area contributed by atoms with Crippen LogP contribution >= 0.6 is 12.4 Å². The van der Waals surface area contributed by atoms with Crippen LogP contribution in [-0.2, 0) is 4.79 Å². The number of amides is 3. The van der Waals surface area contributed by atoms with Crippen molar-refractivity contribution in [3.05, 3.63) is 65.0 Å². The van der Waals surface area contributed by atoms with Crippen molar-refractivity contribution in [2.45, 2.75) is 13.0 Å². The third-order valence-electron chi connectivity index (χ3n) is 5.05. The van der Waals surface area contributed by atoms with Gasteiger partial charge < -0.3 is 10.2 Å². The Labute approximate surface area is 169 Å². The fourth-order valence-corrected chi connectivity index (χ4v) is 3.65. The minimum absolute atomic E-state index is 0. The first-order valence-corrected chi connectivity index (χ1v) is 8.93. The van der Waals surface area contributed by atoms with Crippen molar-refractivity contribution >= 4 is 30.1 Å². The summed E-state index contributed by atoms with van der Waals surface area (Å²) in [5, 5.41) is 3.28. The number of hydrogen-bond acceptors (Lipinski definition) is 5. The minimum atomic E-state index is -0.406. The summed E-state index contributed by atoms with van der Waals surface area (Å²) in [4.78, 5) is 45.1. The highest BCUT2D eigenvalue weighted by atomic mass is 35.5. The average Bonchev–Trinajstić information content (AvgIpc) is 2.93. The molecule has 1 atom stereocenters. The number of rotatable bonds is 3. The van der Waals surface area contributed by atoms with Crippen molar-refractivity contribution in [2.75, 3.05) is 26.2 Å². The van der Waals surface area contributed by atoms with E-state index in [9.17, 15) is 14.4 Å². The van der Waals surface area contributed by atoms with Crippen molar-refractivity contribution in [2.24, 2.45) is 0 Å². The molecule has 8 heteroatoms. The molecule has 1 fully saturated rings. The molecule has 2 aliphatic heterocycles. The molecule has 2 aromatic rings. The fourth-order valence-electron chi connectivity index (χ4n) is 3.65. The first kappa shape index (κ1) is 20.0. The Balaban J connectivity index is 0.00000225. The van der Waals surface area contributed by atoms with Gasteiger partial charge in [-0.3, -0.25) is 24.3 Å². The molecule has 1 aromatic heterocycles. The van der Waals surface area contributed by atoms with Crippen LogP contribution in [0, 0.1) is 6.92 Å². The van der Waals surface area contributed by atoms with Gasteiger partial charge in [0.15, 0.2) is 0 Å². The Hall–Kier alpha value is -2.77. The number of fused-ring (bicyclic) bond motifs is 1. The molecule has 3 amide bonds. The molecule has 1 unspecified atom stereocenters. The van der Waals surface area contributed by atoms with Crippen molar-refractivity contribution in [3.63, 3.8) is 0 Å². The van der Waals surface area contributed by atoms with E-state index in [-0.39, 0.29) is 30.9 Å². The zero-order valence-corrected chi connectivity index (χ0v) is 16.2. The normalized spacial score (nSPS) is 18.7. The summed E-state index contributed by atoms with van der Waals surface area (Å²) in [6, 6.07) is 8.73. The second-order valence-electron chi connectivity index (χ2n) is 6.84. The first-order valence-electron chi connectivity index (χ1n) is 8.93. The van der Waals surface area contributed by atoms with Crippen LogP contribution in [0.2, 0.25) is 0 Å². The van der Waals surface area contributed by atoms with Gasteiger partial charge in [0.1, 0.15) is 6.54 Å². The molecule has 3 heterocycles. The van der Waals surface area contributed by atoms with E-state index >= 15 is 0 Å². The van der Waals surface area contributed by atoms with Gasteiger partial charge in [0.05, 0.1) is 17.2 Å². The number of aryl methyl sites for hydroxylation is 1. The second kappa shape index (κ2) is 8.08. The van der Waals surface area contributed by atoms with Crippen LogP contribution in [0.5, 0.6) is 0 Å². The van der Waals surface area contributed by atoms with Crippen LogP contribution in [0.3, 0.4) is 0 Å². The van der Waals surface area contributed by atoms with Crippen molar-refractivity contribution in [1.29, 1.82) is 0 Å². The molecule has 2 aliphatic rings. The minimum Gasteiger partial charge on any atom is -0.331 e. The molecule has 0 saturated carbocycles. The van der Waals surface area contributed by atoms with E-state index in [1.807, 2.05) is 19.1 Å². The van der Waals surface area contributed by atoms with E-state index in [2.05, 4.69) is 10.3 Å². The summed E-state index contributed by atoms with van der Waals surface area (Å²) in [5.74, 6) is -1.05. The van der Waals surface area contributed by atoms with E-state index in [0.717, 1.165) is 16.0 Å². The standard InChI is InChI=1S/C20H20N4O3.ClH/c1-13-4-5-15-16(9-13)20(27)24(19(15)26)12-18(25)23-8-7-22-11-17(23)14-3-2-6-21-10-14;/h2-6,9-10,17,22H,7-8,11-12H2,1H3;1H. The van der Waals surface area contributed by atoms with Gasteiger partial charge in [-0.1, -0.05) is 17.7 Å². The van der Waals surface area contributed by atoms with Gasteiger partial charge in [-0.15, -0.1) is 12.4 Å². The first-order chi connectivity index (χ1) is 13.1. The summed E-state index contributed by atoms with van der Waals surface area (Å²) < 4.78 is 0. The molecule has 4 rings (SSSR count). The average molecular weight is 401 g/mol. The Morgan fingerprint density at radius 1 is 1.21 bits per heavy atom. The molecule has 0 aliphatic carbocycles. The van der Waals surface area contributed by atoms with E-state index in [1.54, 1.807) is 35.5 Å². The SMILES string of the molecule is Cc1ccc2c(c1)C(=O)N(CC(=O)N1CCNCC1c1cccnc1)C2=O.Cl. The third-order valence-corrected chi connectivity index (χ3v) is 5.05. The van der Waals surface area contributed by atoms with E-state index in [1.165, 1.54) is 0 Å². The molecular weight excluding hydrogens is 380 g/mol. The second-order valence-corrected chi connectivity index (χ2v) is 6.84. The number of hydrogen-bond donors (Lipinski definition) is 1. The fraction of sp³-hybridized carbons (Fsp3) is 0.300. The predicted octanol–water partition coefficient (Wildman–Crippen LogP) is 1.58. The van der Waals surface area contributed by atoms with Crippen LogP contribution in [0.15, 0.2) is 42.7 Å². The third kappa shape index (κ3) is 3.50. The van der Waals surface area contributed by atoms with Crippen molar-refractivity contribution in [1.82, 2.24) is 20.1 Å². The molecule has 0 radical (unpaired) electrons. The Bertz CT molecular complexity index is 919. The number of aromatic nitrogens is 1. The monoisotopic (exact) mass is 400 g/mol. The smallest absolute Gasteiger partial charge is 0.262 e. The van der Waals surface area contributed by atoms with Crippen LogP contribution in [0.4, 0.5) is 0 Å². The molecule has 28 heavy (non-hydrogen) atoms. The number of carbonyl (C=O) groups is 3. The maximum absolute atomic E-state index is 13.0. The van der Waals surface area contributed by atoms with Crippen molar-refractivity contribution < 1.29 is 14.4 Å². The van der Waals surface area contributed by atoms with Gasteiger partial charge in [0, 0.05) is 32.0 Å². The van der Waals surface area contributed by atoms with E-state index in [0.29, 0.717) is 30.8 Å². The summed E-state index contributed by atoms with van der Waals surface area (Å²) >= 11 is 0. The highest BCUT2D eigenvalue weighted by molar-refractivity contribution is 6.22. The summed E-state index contributed by atoms with van der Waals surface area (Å²) in [5.41, 5.74) is 2.57. The van der Waals surface area contributed by atoms with Crippen molar-refractivity contribution in [3.8, 4) is 0 Å².